The van der Waals surface area contributed by atoms with E-state index in [2.05, 4.69) is 0 Å². The molecular formula is C21H20N2O5S. The predicted octanol–water partition coefficient (Wildman–Crippen LogP) is 4.45. The average molecular weight is 412 g/mol. The summed E-state index contributed by atoms with van der Waals surface area (Å²) in [5.41, 5.74) is 0.493. The molecule has 0 unspecified atom stereocenters. The number of hydrogen-bond donors (Lipinski definition) is 1. The minimum atomic E-state index is -0.343. The molecule has 0 spiro atoms. The van der Waals surface area contributed by atoms with Crippen LogP contribution in [-0.2, 0) is 4.79 Å². The van der Waals surface area contributed by atoms with E-state index in [0.29, 0.717) is 33.3 Å². The lowest BCUT2D eigenvalue weighted by atomic mass is 9.94. The van der Waals surface area contributed by atoms with Crippen molar-refractivity contribution in [1.29, 1.82) is 0 Å². The first-order valence-corrected chi connectivity index (χ1v) is 10.7. The number of phenols is 1. The normalized spacial score (nSPS) is 19.8. The molecule has 0 bridgehead atoms. The van der Waals surface area contributed by atoms with E-state index >= 15 is 0 Å². The van der Waals surface area contributed by atoms with Crippen molar-refractivity contribution in [2.45, 2.75) is 45.1 Å². The second kappa shape index (κ2) is 6.95. The number of amidine groups is 1. The minimum Gasteiger partial charge on any atom is -0.506 e. The van der Waals surface area contributed by atoms with Crippen LogP contribution in [0.2, 0.25) is 0 Å². The highest BCUT2D eigenvalue weighted by Gasteiger charge is 2.35. The van der Waals surface area contributed by atoms with E-state index in [1.165, 1.54) is 30.5 Å². The number of benzene rings is 1. The number of thioether (sulfide) groups is 1. The molecule has 5 rings (SSSR count). The van der Waals surface area contributed by atoms with Gasteiger partial charge in [0.15, 0.2) is 27.4 Å². The molecule has 1 saturated carbocycles. The summed E-state index contributed by atoms with van der Waals surface area (Å²) < 4.78 is 11.4. The molecule has 0 atom stereocenters. The lowest BCUT2D eigenvalue weighted by Crippen LogP contribution is -2.40. The highest BCUT2D eigenvalue weighted by molar-refractivity contribution is 8.15. The molecule has 3 heterocycles. The molecule has 7 nitrogen and oxygen atoms in total. The van der Waals surface area contributed by atoms with E-state index in [9.17, 15) is 14.7 Å². The number of phenolic OH excluding ortho intramolecular Hbond substituents is 1. The summed E-state index contributed by atoms with van der Waals surface area (Å²) in [6.45, 7) is 1.67. The van der Waals surface area contributed by atoms with Gasteiger partial charge in [0.1, 0.15) is 16.9 Å². The Bertz CT molecular complexity index is 1220. The van der Waals surface area contributed by atoms with Gasteiger partial charge in [0.2, 0.25) is 5.91 Å². The molecule has 150 valence electrons. The maximum Gasteiger partial charge on any atom is 0.239 e. The Hall–Kier alpha value is -2.74. The maximum atomic E-state index is 12.6. The number of aromatic hydroxyl groups is 1. The molecule has 1 aromatic carbocycles. The van der Waals surface area contributed by atoms with Gasteiger partial charge >= 0.3 is 0 Å². The number of aliphatic imine (C=N–C) groups is 1. The molecule has 1 N–H and O–H groups in total. The number of rotatable bonds is 2. The Kier molecular flexibility index (Phi) is 4.38. The Balaban J connectivity index is 1.75. The number of fused-ring (bicyclic) bond motifs is 2. The first kappa shape index (κ1) is 18.3. The van der Waals surface area contributed by atoms with Gasteiger partial charge in [-0.15, -0.1) is 0 Å². The molecule has 1 amide bonds. The first-order chi connectivity index (χ1) is 14.0. The summed E-state index contributed by atoms with van der Waals surface area (Å²) in [5.74, 6) is 0.627. The summed E-state index contributed by atoms with van der Waals surface area (Å²) in [6, 6.07) is 3.08. The van der Waals surface area contributed by atoms with Crippen LogP contribution in [-0.4, -0.2) is 32.9 Å². The van der Waals surface area contributed by atoms with Crippen LogP contribution in [0.1, 0.15) is 37.9 Å². The van der Waals surface area contributed by atoms with Crippen LogP contribution in [0.4, 0.5) is 5.69 Å². The molecule has 1 aliphatic carbocycles. The third-order valence-corrected chi connectivity index (χ3v) is 6.54. The molecule has 2 aromatic heterocycles. The van der Waals surface area contributed by atoms with Gasteiger partial charge in [-0.3, -0.25) is 14.5 Å². The minimum absolute atomic E-state index is 0.0528. The lowest BCUT2D eigenvalue weighted by molar-refractivity contribution is -0.126. The van der Waals surface area contributed by atoms with Crippen LogP contribution in [0, 0.1) is 6.92 Å². The number of furan rings is 1. The summed E-state index contributed by atoms with van der Waals surface area (Å²) >= 11 is 1.38. The van der Waals surface area contributed by atoms with Gasteiger partial charge in [-0.2, -0.15) is 0 Å². The first-order valence-electron chi connectivity index (χ1n) is 9.74. The quantitative estimate of drug-likeness (QED) is 0.668. The van der Waals surface area contributed by atoms with Gasteiger partial charge in [-0.1, -0.05) is 31.0 Å². The van der Waals surface area contributed by atoms with Gasteiger partial charge in [0.25, 0.3) is 0 Å². The topological polar surface area (TPSA) is 96.2 Å². The molecule has 0 radical (unpaired) electrons. The molecule has 1 saturated heterocycles. The second-order valence-electron chi connectivity index (χ2n) is 7.52. The van der Waals surface area contributed by atoms with Crippen LogP contribution >= 0.6 is 11.8 Å². The summed E-state index contributed by atoms with van der Waals surface area (Å²) in [7, 11) is 0. The smallest absolute Gasteiger partial charge is 0.239 e. The molecule has 29 heavy (non-hydrogen) atoms. The van der Waals surface area contributed by atoms with Crippen LogP contribution < -0.4 is 5.43 Å². The monoisotopic (exact) mass is 412 g/mol. The zero-order valence-electron chi connectivity index (χ0n) is 15.9. The van der Waals surface area contributed by atoms with E-state index in [4.69, 9.17) is 13.8 Å². The second-order valence-corrected chi connectivity index (χ2v) is 8.47. The van der Waals surface area contributed by atoms with Crippen molar-refractivity contribution in [3.63, 3.8) is 0 Å². The van der Waals surface area contributed by atoms with Gasteiger partial charge in [-0.05, 0) is 25.8 Å². The third kappa shape index (κ3) is 2.93. The third-order valence-electron chi connectivity index (χ3n) is 5.60. The van der Waals surface area contributed by atoms with Crippen molar-refractivity contribution in [1.82, 2.24) is 4.90 Å². The number of carbonyl (C=O) groups is 1. The number of amides is 1. The van der Waals surface area contributed by atoms with Crippen LogP contribution in [0.15, 0.2) is 37.0 Å². The maximum absolute atomic E-state index is 12.6. The Morgan fingerprint density at radius 2 is 2.00 bits per heavy atom. The lowest BCUT2D eigenvalue weighted by Gasteiger charge is -2.30. The number of aryl methyl sites for hydroxylation is 1. The fraction of sp³-hybridized carbons (Fsp3) is 0.381. The van der Waals surface area contributed by atoms with Gasteiger partial charge in [-0.25, -0.2) is 4.99 Å². The van der Waals surface area contributed by atoms with Gasteiger partial charge < -0.3 is 13.9 Å². The largest absolute Gasteiger partial charge is 0.506 e. The highest BCUT2D eigenvalue weighted by Crippen LogP contribution is 2.43. The van der Waals surface area contributed by atoms with E-state index in [1.54, 1.807) is 17.9 Å². The van der Waals surface area contributed by atoms with Gasteiger partial charge in [0, 0.05) is 12.1 Å². The fourth-order valence-electron chi connectivity index (χ4n) is 4.27. The Labute approximate surface area is 170 Å². The van der Waals surface area contributed by atoms with Crippen molar-refractivity contribution in [3.05, 3.63) is 34.4 Å². The predicted molar refractivity (Wildman–Crippen MR) is 112 cm³/mol. The van der Waals surface area contributed by atoms with E-state index in [-0.39, 0.29) is 34.1 Å². The molecule has 3 aromatic rings. The van der Waals surface area contributed by atoms with Crippen molar-refractivity contribution < 1.29 is 18.7 Å². The van der Waals surface area contributed by atoms with Crippen LogP contribution in [0.5, 0.6) is 5.75 Å². The fourth-order valence-corrected chi connectivity index (χ4v) is 5.21. The standard InChI is InChI=1S/C21H20N2O5S/c1-11-9-14(24)16-18(26)13-7-8-27-19(13)17(20(16)28-11)22-21-23(15(25)10-29-21)12-5-3-2-4-6-12/h7-9,12,26H,2-6,10H2,1H3. The number of carbonyl (C=O) groups excluding carboxylic acids is 1. The molecule has 8 heteroatoms. The molecular weight excluding hydrogens is 392 g/mol. The van der Waals surface area contributed by atoms with E-state index in [1.807, 2.05) is 0 Å². The Morgan fingerprint density at radius 1 is 1.21 bits per heavy atom. The van der Waals surface area contributed by atoms with Crippen molar-refractivity contribution in [2.75, 3.05) is 5.75 Å². The van der Waals surface area contributed by atoms with E-state index in [0.717, 1.165) is 25.7 Å². The van der Waals surface area contributed by atoms with Crippen molar-refractivity contribution in [3.8, 4) is 5.75 Å². The van der Waals surface area contributed by atoms with Crippen molar-refractivity contribution in [2.24, 2.45) is 4.99 Å². The molecule has 2 fully saturated rings. The van der Waals surface area contributed by atoms with Crippen molar-refractivity contribution >= 4 is 50.5 Å². The average Bonchev–Trinajstić information content (AvgIpc) is 3.32. The van der Waals surface area contributed by atoms with Crippen LogP contribution in [0.25, 0.3) is 21.9 Å². The van der Waals surface area contributed by atoms with E-state index < -0.39 is 0 Å². The summed E-state index contributed by atoms with van der Waals surface area (Å²) in [4.78, 5) is 31.7. The highest BCUT2D eigenvalue weighted by atomic mass is 32.2. The zero-order valence-corrected chi connectivity index (χ0v) is 16.8. The zero-order chi connectivity index (χ0) is 20.1. The number of nitrogens with zero attached hydrogens (tertiary/aromatic N) is 2. The SMILES string of the molecule is Cc1cc(=O)c2c(O)c3ccoc3c(N=C3SCC(=O)N3C3CCCCC3)c2o1. The van der Waals surface area contributed by atoms with Crippen LogP contribution in [0.3, 0.4) is 0 Å². The summed E-state index contributed by atoms with van der Waals surface area (Å²) in [5, 5.41) is 11.7. The number of hydrogen-bond acceptors (Lipinski definition) is 7. The molecule has 1 aliphatic heterocycles. The Morgan fingerprint density at radius 3 is 2.79 bits per heavy atom. The molecule has 2 aliphatic rings. The van der Waals surface area contributed by atoms with Gasteiger partial charge in [0.05, 0.1) is 17.4 Å². The summed E-state index contributed by atoms with van der Waals surface area (Å²) in [6.07, 6.45) is 6.77.